The predicted octanol–water partition coefficient (Wildman–Crippen LogP) is 4.10. The van der Waals surface area contributed by atoms with Gasteiger partial charge in [0.2, 0.25) is 0 Å². The van der Waals surface area contributed by atoms with E-state index in [-0.39, 0.29) is 12.3 Å². The number of carbonyl (C=O) groups excluding carboxylic acids is 1. The molecule has 1 fully saturated rings. The number of hydrogen-bond donors (Lipinski definition) is 4. The van der Waals surface area contributed by atoms with Crippen molar-refractivity contribution in [1.29, 1.82) is 0 Å². The normalized spacial score (nSPS) is 13.2. The van der Waals surface area contributed by atoms with Crippen molar-refractivity contribution in [3.8, 4) is 11.1 Å². The summed E-state index contributed by atoms with van der Waals surface area (Å²) >= 11 is 0. The summed E-state index contributed by atoms with van der Waals surface area (Å²) in [5.41, 5.74) is 17.5. The second-order valence-electron chi connectivity index (χ2n) is 8.55. The van der Waals surface area contributed by atoms with E-state index in [1.165, 1.54) is 12.8 Å². The number of carboxylic acids is 1. The highest BCUT2D eigenvalue weighted by molar-refractivity contribution is 6.08. The lowest BCUT2D eigenvalue weighted by Crippen LogP contribution is -2.15. The van der Waals surface area contributed by atoms with Crippen LogP contribution in [0.3, 0.4) is 0 Å². The Balaban J connectivity index is 1.71. The van der Waals surface area contributed by atoms with Crippen LogP contribution >= 0.6 is 0 Å². The van der Waals surface area contributed by atoms with E-state index < -0.39 is 5.97 Å². The summed E-state index contributed by atoms with van der Waals surface area (Å²) in [4.78, 5) is 28.9. The molecule has 1 saturated carbocycles. The predicted molar refractivity (Wildman–Crippen MR) is 135 cm³/mol. The van der Waals surface area contributed by atoms with Gasteiger partial charge in [0.1, 0.15) is 0 Å². The molecule has 0 bridgehead atoms. The van der Waals surface area contributed by atoms with Crippen molar-refractivity contribution in [3.63, 3.8) is 0 Å². The first-order chi connectivity index (χ1) is 16.4. The Kier molecular flexibility index (Phi) is 7.04. The Morgan fingerprint density at radius 3 is 2.62 bits per heavy atom. The minimum Gasteiger partial charge on any atom is -0.481 e. The molecule has 34 heavy (non-hydrogen) atoms. The van der Waals surface area contributed by atoms with Gasteiger partial charge in [-0.25, -0.2) is 0 Å². The van der Waals surface area contributed by atoms with Gasteiger partial charge < -0.3 is 21.9 Å². The van der Waals surface area contributed by atoms with Gasteiger partial charge in [-0.15, -0.1) is 0 Å². The molecule has 7 heteroatoms. The van der Waals surface area contributed by atoms with Gasteiger partial charge in [-0.3, -0.25) is 14.6 Å². The zero-order valence-electron chi connectivity index (χ0n) is 18.8. The molecule has 7 nitrogen and oxygen atoms in total. The Bertz CT molecular complexity index is 1250. The third-order valence-electron chi connectivity index (χ3n) is 5.84. The van der Waals surface area contributed by atoms with Crippen LogP contribution in [-0.4, -0.2) is 29.7 Å². The lowest BCUT2D eigenvalue weighted by atomic mass is 9.94. The maximum absolute atomic E-state index is 13.2. The number of aliphatic carboxylic acids is 1. The Labute approximate surface area is 198 Å². The van der Waals surface area contributed by atoms with Gasteiger partial charge in [-0.05, 0) is 65.3 Å². The summed E-state index contributed by atoms with van der Waals surface area (Å²) in [6, 6.07) is 18.1. The van der Waals surface area contributed by atoms with Gasteiger partial charge in [0.25, 0.3) is 5.91 Å². The minimum atomic E-state index is -0.970. The minimum absolute atomic E-state index is 0.188. The summed E-state index contributed by atoms with van der Waals surface area (Å²) in [6.45, 7) is 1.17. The van der Waals surface area contributed by atoms with Crippen LogP contribution in [0.25, 0.3) is 11.1 Å². The number of para-hydroxylation sites is 1. The summed E-state index contributed by atoms with van der Waals surface area (Å²) < 4.78 is 0. The van der Waals surface area contributed by atoms with Crippen molar-refractivity contribution in [2.45, 2.75) is 25.8 Å². The topological polar surface area (TPSA) is 131 Å². The van der Waals surface area contributed by atoms with Gasteiger partial charge in [-0.1, -0.05) is 36.4 Å². The van der Waals surface area contributed by atoms with Crippen molar-refractivity contribution in [2.75, 3.05) is 17.6 Å². The fraction of sp³-hybridized carbons (Fsp3) is 0.222. The molecule has 0 aromatic heterocycles. The molecule has 0 saturated heterocycles. The van der Waals surface area contributed by atoms with Crippen LogP contribution in [0.5, 0.6) is 0 Å². The number of aliphatic imine (C=N–C) groups is 1. The first-order valence-electron chi connectivity index (χ1n) is 11.3. The van der Waals surface area contributed by atoms with Gasteiger partial charge in [0, 0.05) is 41.8 Å². The molecular weight excluding hydrogens is 428 g/mol. The molecule has 0 aliphatic heterocycles. The number of carbonyl (C=O) groups is 2. The maximum Gasteiger partial charge on any atom is 0.307 e. The van der Waals surface area contributed by atoms with E-state index in [9.17, 15) is 14.7 Å². The largest absolute Gasteiger partial charge is 0.481 e. The van der Waals surface area contributed by atoms with Crippen LogP contribution in [0.15, 0.2) is 65.7 Å². The molecule has 0 heterocycles. The number of nitrogens with one attached hydrogen (secondary N) is 1. The van der Waals surface area contributed by atoms with Gasteiger partial charge >= 0.3 is 5.97 Å². The van der Waals surface area contributed by atoms with Crippen molar-refractivity contribution in [2.24, 2.45) is 16.6 Å². The first-order valence-corrected chi connectivity index (χ1v) is 11.3. The standard InChI is InChI=1S/C27H28N4O3/c28-14-18-4-3-6-19(10-18)22-11-21(12-24(29)23(22)16-30-15-17-8-9-17)27(34)31-25-7-2-1-5-20(25)13-26(32)33/h1-7,10-12,16-17H,8-9,13-15,28-29H2,(H,31,34)(H,32,33). The number of amides is 1. The van der Waals surface area contributed by atoms with E-state index in [4.69, 9.17) is 11.5 Å². The van der Waals surface area contributed by atoms with Crippen LogP contribution in [-0.2, 0) is 17.8 Å². The van der Waals surface area contributed by atoms with Gasteiger partial charge in [0.05, 0.1) is 6.42 Å². The molecule has 6 N–H and O–H groups in total. The molecule has 0 unspecified atom stereocenters. The number of carboxylic acid groups (broad SMARTS) is 1. The van der Waals surface area contributed by atoms with Crippen molar-refractivity contribution in [3.05, 3.63) is 82.9 Å². The molecule has 0 atom stereocenters. The van der Waals surface area contributed by atoms with E-state index in [1.54, 1.807) is 42.6 Å². The third kappa shape index (κ3) is 5.68. The van der Waals surface area contributed by atoms with Crippen LogP contribution in [0, 0.1) is 5.92 Å². The summed E-state index contributed by atoms with van der Waals surface area (Å²) in [6.07, 6.45) is 4.02. The fourth-order valence-electron chi connectivity index (χ4n) is 3.80. The van der Waals surface area contributed by atoms with E-state index in [0.29, 0.717) is 35.0 Å². The summed E-state index contributed by atoms with van der Waals surface area (Å²) in [7, 11) is 0. The first kappa shape index (κ1) is 23.2. The molecule has 0 spiro atoms. The van der Waals surface area contributed by atoms with E-state index in [1.807, 2.05) is 24.3 Å². The highest BCUT2D eigenvalue weighted by Crippen LogP contribution is 2.31. The van der Waals surface area contributed by atoms with Crippen LogP contribution < -0.4 is 16.8 Å². The zero-order valence-corrected chi connectivity index (χ0v) is 18.8. The lowest BCUT2D eigenvalue weighted by Gasteiger charge is -2.15. The molecule has 0 radical (unpaired) electrons. The van der Waals surface area contributed by atoms with Crippen molar-refractivity contribution >= 4 is 29.5 Å². The van der Waals surface area contributed by atoms with Crippen LogP contribution in [0.2, 0.25) is 0 Å². The van der Waals surface area contributed by atoms with Gasteiger partial charge in [0.15, 0.2) is 0 Å². The number of nitrogens with two attached hydrogens (primary N) is 2. The number of hydrogen-bond acceptors (Lipinski definition) is 5. The summed E-state index contributed by atoms with van der Waals surface area (Å²) in [5.74, 6) is -0.692. The quantitative estimate of drug-likeness (QED) is 0.284. The Hall–Kier alpha value is -3.97. The number of rotatable bonds is 9. The molecule has 3 aromatic rings. The third-order valence-corrected chi connectivity index (χ3v) is 5.84. The average molecular weight is 457 g/mol. The molecular formula is C27H28N4O3. The van der Waals surface area contributed by atoms with E-state index >= 15 is 0 Å². The second kappa shape index (κ2) is 10.3. The number of anilines is 2. The highest BCUT2D eigenvalue weighted by Gasteiger charge is 2.20. The Morgan fingerprint density at radius 2 is 1.88 bits per heavy atom. The Morgan fingerprint density at radius 1 is 1.09 bits per heavy atom. The van der Waals surface area contributed by atoms with Crippen molar-refractivity contribution < 1.29 is 14.7 Å². The van der Waals surface area contributed by atoms with Gasteiger partial charge in [-0.2, -0.15) is 0 Å². The van der Waals surface area contributed by atoms with E-state index in [0.717, 1.165) is 28.8 Å². The SMILES string of the molecule is NCc1cccc(-c2cc(C(=O)Nc3ccccc3CC(=O)O)cc(N)c2C=NCC2CC2)c1. The zero-order chi connectivity index (χ0) is 24.1. The molecule has 3 aromatic carbocycles. The second-order valence-corrected chi connectivity index (χ2v) is 8.55. The number of nitrogen functional groups attached to an aromatic ring is 1. The van der Waals surface area contributed by atoms with Crippen LogP contribution in [0.1, 0.15) is 39.9 Å². The molecule has 1 amide bonds. The smallest absolute Gasteiger partial charge is 0.307 e. The molecule has 174 valence electrons. The molecule has 1 aliphatic carbocycles. The average Bonchev–Trinajstić information content (AvgIpc) is 3.65. The highest BCUT2D eigenvalue weighted by atomic mass is 16.4. The molecule has 1 aliphatic rings. The van der Waals surface area contributed by atoms with Crippen LogP contribution in [0.4, 0.5) is 11.4 Å². The monoisotopic (exact) mass is 456 g/mol. The summed E-state index contributed by atoms with van der Waals surface area (Å²) in [5, 5.41) is 12.0. The van der Waals surface area contributed by atoms with Crippen molar-refractivity contribution in [1.82, 2.24) is 0 Å². The maximum atomic E-state index is 13.2. The number of benzene rings is 3. The van der Waals surface area contributed by atoms with E-state index in [2.05, 4.69) is 10.3 Å². The fourth-order valence-corrected chi connectivity index (χ4v) is 3.80. The molecule has 4 rings (SSSR count). The number of nitrogens with zero attached hydrogens (tertiary/aromatic N) is 1. The lowest BCUT2D eigenvalue weighted by molar-refractivity contribution is -0.136.